The van der Waals surface area contributed by atoms with E-state index < -0.39 is 65.8 Å². The van der Waals surface area contributed by atoms with Crippen LogP contribution < -0.4 is 10.6 Å². The second-order valence-electron chi connectivity index (χ2n) is 9.00. The first-order valence-electron chi connectivity index (χ1n) is 12.0. The summed E-state index contributed by atoms with van der Waals surface area (Å²) in [6, 6.07) is 2.69. The third-order valence-corrected chi connectivity index (χ3v) is 5.86. The number of cyclic esters (lactones) is 2. The van der Waals surface area contributed by atoms with Gasteiger partial charge in [-0.3, -0.25) is 19.2 Å². The van der Waals surface area contributed by atoms with E-state index in [1.165, 1.54) is 32.0 Å². The van der Waals surface area contributed by atoms with Gasteiger partial charge in [-0.15, -0.1) is 0 Å². The Kier molecular flexibility index (Phi) is 10.2. The summed E-state index contributed by atoms with van der Waals surface area (Å²) in [6.45, 7) is 8.18. The number of benzene rings is 1. The molecule has 198 valence electrons. The summed E-state index contributed by atoms with van der Waals surface area (Å²) in [5, 5.41) is 15.0. The molecule has 0 radical (unpaired) electrons. The van der Waals surface area contributed by atoms with Crippen molar-refractivity contribution < 1.29 is 43.3 Å². The summed E-state index contributed by atoms with van der Waals surface area (Å²) in [7, 11) is 0. The van der Waals surface area contributed by atoms with Gasteiger partial charge in [0, 0.05) is 0 Å². The van der Waals surface area contributed by atoms with E-state index in [9.17, 15) is 29.1 Å². The summed E-state index contributed by atoms with van der Waals surface area (Å²) in [6.07, 6.45) is -1.10. The quantitative estimate of drug-likeness (QED) is 0.198. The smallest absolute Gasteiger partial charge is 0.332 e. The molecule has 1 aromatic rings. The summed E-state index contributed by atoms with van der Waals surface area (Å²) < 4.78 is 16.7. The first-order valence-corrected chi connectivity index (χ1v) is 12.0. The van der Waals surface area contributed by atoms with Crippen molar-refractivity contribution in [3.05, 3.63) is 23.8 Å². The van der Waals surface area contributed by atoms with E-state index in [4.69, 9.17) is 14.2 Å². The van der Waals surface area contributed by atoms with Gasteiger partial charge >= 0.3 is 17.9 Å². The molecule has 0 aliphatic carbocycles. The molecule has 0 bridgehead atoms. The number of nitrogens with one attached hydrogen (secondary N) is 2. The van der Waals surface area contributed by atoms with Crippen molar-refractivity contribution in [1.29, 1.82) is 0 Å². The maximum absolute atomic E-state index is 13.1. The van der Waals surface area contributed by atoms with E-state index in [0.29, 0.717) is 19.3 Å². The minimum atomic E-state index is -1.42. The van der Waals surface area contributed by atoms with Crippen molar-refractivity contribution in [2.45, 2.75) is 78.2 Å². The average molecular weight is 507 g/mol. The zero-order valence-electron chi connectivity index (χ0n) is 21.1. The number of aromatic hydroxyl groups is 1. The lowest BCUT2D eigenvalue weighted by molar-refractivity contribution is -0.177. The number of rotatable bonds is 9. The van der Waals surface area contributed by atoms with Gasteiger partial charge in [-0.2, -0.15) is 0 Å². The van der Waals surface area contributed by atoms with Crippen molar-refractivity contribution in [2.75, 3.05) is 5.32 Å². The maximum Gasteiger partial charge on any atom is 0.332 e. The van der Waals surface area contributed by atoms with Crippen molar-refractivity contribution in [3.8, 4) is 5.75 Å². The van der Waals surface area contributed by atoms with E-state index in [-0.39, 0.29) is 11.3 Å². The third-order valence-electron chi connectivity index (χ3n) is 5.86. The van der Waals surface area contributed by atoms with Crippen LogP contribution in [0.5, 0.6) is 5.75 Å². The molecule has 1 aliphatic heterocycles. The zero-order chi connectivity index (χ0) is 27.0. The topological polar surface area (TPSA) is 157 Å². The Hall–Kier alpha value is -3.63. The maximum atomic E-state index is 13.1. The minimum Gasteiger partial charge on any atom is -0.505 e. The number of carbonyl (C=O) groups excluding carboxylic acids is 5. The summed E-state index contributed by atoms with van der Waals surface area (Å²) in [4.78, 5) is 62.2. The molecule has 0 aromatic heterocycles. The molecule has 2 rings (SSSR count). The Balaban J connectivity index is 2.36. The SMILES string of the molecule is CCCC[C@H]1C(=O)O[C@H](C)[C@@H](NC(=O)c2cccc(NC=O)c2O)C(=O)O[C@@H](C)[C@@H]1OC(=O)C(C)C. The lowest BCUT2D eigenvalue weighted by Crippen LogP contribution is -2.50. The highest BCUT2D eigenvalue weighted by Gasteiger charge is 2.44. The lowest BCUT2D eigenvalue weighted by atomic mass is 9.92. The van der Waals surface area contributed by atoms with Gasteiger partial charge in [0.15, 0.2) is 17.9 Å². The standard InChI is InChI=1S/C25H34N2O9/c1-6-7-9-17-21(36-23(31)13(2)3)15(5)35-25(33)19(14(4)34-24(17)32)27-22(30)16-10-8-11-18(20(16)29)26-12-28/h8,10-15,17,19,21,29H,6-7,9H2,1-5H3,(H,26,28)(H,27,30)/t14-,15+,17-,19-,21+/m1/s1. The fourth-order valence-electron chi connectivity index (χ4n) is 3.77. The monoisotopic (exact) mass is 506 g/mol. The Morgan fingerprint density at radius 1 is 1.14 bits per heavy atom. The second kappa shape index (κ2) is 12.9. The Labute approximate surface area is 209 Å². The van der Waals surface area contributed by atoms with Crippen LogP contribution in [-0.2, 0) is 33.4 Å². The van der Waals surface area contributed by atoms with Gasteiger partial charge in [0.25, 0.3) is 5.91 Å². The second-order valence-corrected chi connectivity index (χ2v) is 9.00. The summed E-state index contributed by atoms with van der Waals surface area (Å²) in [5.41, 5.74) is -0.220. The van der Waals surface area contributed by atoms with Crippen molar-refractivity contribution in [1.82, 2.24) is 5.32 Å². The molecule has 0 spiro atoms. The molecule has 36 heavy (non-hydrogen) atoms. The number of ether oxygens (including phenoxy) is 3. The highest BCUT2D eigenvalue weighted by atomic mass is 16.6. The lowest BCUT2D eigenvalue weighted by Gasteiger charge is -2.29. The van der Waals surface area contributed by atoms with Crippen LogP contribution in [0.4, 0.5) is 5.69 Å². The molecule has 1 heterocycles. The van der Waals surface area contributed by atoms with Gasteiger partial charge in [-0.25, -0.2) is 4.79 Å². The number of esters is 3. The normalized spacial score (nSPS) is 24.4. The minimum absolute atomic E-state index is 0.00336. The summed E-state index contributed by atoms with van der Waals surface area (Å²) in [5.74, 6) is -4.83. The molecule has 0 saturated carbocycles. The fourth-order valence-corrected chi connectivity index (χ4v) is 3.77. The predicted octanol–water partition coefficient (Wildman–Crippen LogP) is 2.31. The molecule has 0 unspecified atom stereocenters. The fraction of sp³-hybridized carbons (Fsp3) is 0.560. The number of amides is 2. The van der Waals surface area contributed by atoms with Crippen LogP contribution in [0.15, 0.2) is 18.2 Å². The molecule has 1 aromatic carbocycles. The molecule has 11 heteroatoms. The van der Waals surface area contributed by atoms with E-state index in [0.717, 1.165) is 6.42 Å². The molecular weight excluding hydrogens is 472 g/mol. The highest BCUT2D eigenvalue weighted by molar-refractivity contribution is 6.01. The van der Waals surface area contributed by atoms with E-state index >= 15 is 0 Å². The predicted molar refractivity (Wildman–Crippen MR) is 128 cm³/mol. The van der Waals surface area contributed by atoms with Gasteiger partial charge in [-0.1, -0.05) is 39.7 Å². The number of hydrogen-bond donors (Lipinski definition) is 3. The number of unbranched alkanes of at least 4 members (excludes halogenated alkanes) is 1. The van der Waals surface area contributed by atoms with Gasteiger partial charge < -0.3 is 30.0 Å². The van der Waals surface area contributed by atoms with Crippen molar-refractivity contribution >= 4 is 35.9 Å². The number of para-hydroxylation sites is 1. The molecular formula is C25H34N2O9. The largest absolute Gasteiger partial charge is 0.505 e. The van der Waals surface area contributed by atoms with Gasteiger partial charge in [0.1, 0.15) is 12.2 Å². The van der Waals surface area contributed by atoms with Crippen LogP contribution in [0.1, 0.15) is 64.2 Å². The third kappa shape index (κ3) is 6.96. The van der Waals surface area contributed by atoms with Gasteiger partial charge in [-0.05, 0) is 32.4 Å². The molecule has 1 saturated heterocycles. The van der Waals surface area contributed by atoms with E-state index in [1.54, 1.807) is 13.8 Å². The van der Waals surface area contributed by atoms with Gasteiger partial charge in [0.05, 0.1) is 23.1 Å². The number of hydrogen-bond acceptors (Lipinski definition) is 9. The number of carbonyl (C=O) groups is 5. The molecule has 11 nitrogen and oxygen atoms in total. The molecule has 2 amide bonds. The Morgan fingerprint density at radius 2 is 1.81 bits per heavy atom. The Morgan fingerprint density at radius 3 is 2.42 bits per heavy atom. The van der Waals surface area contributed by atoms with Gasteiger partial charge in [0.2, 0.25) is 6.41 Å². The first-order chi connectivity index (χ1) is 17.0. The highest BCUT2D eigenvalue weighted by Crippen LogP contribution is 2.29. The zero-order valence-corrected chi connectivity index (χ0v) is 21.1. The molecule has 5 atom stereocenters. The molecule has 1 aliphatic rings. The Bertz CT molecular complexity index is 978. The van der Waals surface area contributed by atoms with Crippen LogP contribution in [0.2, 0.25) is 0 Å². The van der Waals surface area contributed by atoms with Crippen LogP contribution in [0.3, 0.4) is 0 Å². The molecule has 3 N–H and O–H groups in total. The number of phenolic OH excluding ortho intramolecular Hbond substituents is 1. The van der Waals surface area contributed by atoms with Crippen LogP contribution in [0.25, 0.3) is 0 Å². The average Bonchev–Trinajstić information content (AvgIpc) is 2.84. The van der Waals surface area contributed by atoms with Crippen LogP contribution >= 0.6 is 0 Å². The van der Waals surface area contributed by atoms with Crippen LogP contribution in [0, 0.1) is 11.8 Å². The first kappa shape index (κ1) is 28.6. The van der Waals surface area contributed by atoms with Crippen LogP contribution in [-0.4, -0.2) is 59.7 Å². The number of anilines is 1. The number of phenols is 1. The van der Waals surface area contributed by atoms with Crippen molar-refractivity contribution in [3.63, 3.8) is 0 Å². The van der Waals surface area contributed by atoms with E-state index in [1.807, 2.05) is 6.92 Å². The van der Waals surface area contributed by atoms with E-state index in [2.05, 4.69) is 10.6 Å². The molecule has 1 fully saturated rings. The van der Waals surface area contributed by atoms with Crippen molar-refractivity contribution in [2.24, 2.45) is 11.8 Å². The summed E-state index contributed by atoms with van der Waals surface area (Å²) >= 11 is 0.